The van der Waals surface area contributed by atoms with Gasteiger partial charge in [0.25, 0.3) is 0 Å². The van der Waals surface area contributed by atoms with Crippen LogP contribution in [0.15, 0.2) is 64.8 Å². The van der Waals surface area contributed by atoms with E-state index in [4.69, 9.17) is 11.5 Å². The van der Waals surface area contributed by atoms with Crippen molar-refractivity contribution >= 4 is 33.9 Å². The van der Waals surface area contributed by atoms with Crippen LogP contribution in [0.3, 0.4) is 0 Å². The molecule has 0 bridgehead atoms. The Kier molecular flexibility index (Phi) is 4.00. The summed E-state index contributed by atoms with van der Waals surface area (Å²) in [6, 6.07) is 15.3. The van der Waals surface area contributed by atoms with Crippen molar-refractivity contribution in [1.29, 1.82) is 0 Å². The van der Waals surface area contributed by atoms with Crippen LogP contribution in [-0.2, 0) is 0 Å². The smallest absolute Gasteiger partial charge is 0.176 e. The Labute approximate surface area is 154 Å². The van der Waals surface area contributed by atoms with E-state index in [2.05, 4.69) is 20.3 Å². The van der Waals surface area contributed by atoms with Gasteiger partial charge in [-0.15, -0.1) is 10.2 Å². The first-order valence-corrected chi connectivity index (χ1v) is 8.21. The number of aryl methyl sites for hydroxylation is 1. The van der Waals surface area contributed by atoms with Crippen LogP contribution in [0, 0.1) is 12.7 Å². The number of hydrogen-bond donors (Lipinski definition) is 2. The van der Waals surface area contributed by atoms with Crippen LogP contribution in [0.1, 0.15) is 5.56 Å². The Balaban J connectivity index is 1.75. The molecule has 4 N–H and O–H groups in total. The van der Waals surface area contributed by atoms with E-state index in [0.29, 0.717) is 11.5 Å². The van der Waals surface area contributed by atoms with Gasteiger partial charge in [-0.1, -0.05) is 18.2 Å². The third-order valence-electron chi connectivity index (χ3n) is 4.14. The van der Waals surface area contributed by atoms with E-state index in [1.807, 2.05) is 37.3 Å². The SMILES string of the molecule is Cc1cc(-n2nc(N)c(N=Nc3ccc(F)cc3)c2N)nc2ccccc12. The van der Waals surface area contributed by atoms with Gasteiger partial charge < -0.3 is 11.5 Å². The van der Waals surface area contributed by atoms with Crippen molar-refractivity contribution in [3.8, 4) is 5.82 Å². The van der Waals surface area contributed by atoms with Gasteiger partial charge in [-0.2, -0.15) is 9.80 Å². The number of benzene rings is 2. The molecule has 0 amide bonds. The highest BCUT2D eigenvalue weighted by molar-refractivity contribution is 5.83. The number of anilines is 2. The second kappa shape index (κ2) is 6.49. The summed E-state index contributed by atoms with van der Waals surface area (Å²) in [6.07, 6.45) is 0. The van der Waals surface area contributed by atoms with Gasteiger partial charge >= 0.3 is 0 Å². The molecule has 2 aromatic heterocycles. The molecule has 0 atom stereocenters. The largest absolute Gasteiger partial charge is 0.382 e. The minimum atomic E-state index is -0.349. The first-order chi connectivity index (χ1) is 13.0. The predicted molar refractivity (Wildman–Crippen MR) is 103 cm³/mol. The quantitative estimate of drug-likeness (QED) is 0.526. The fourth-order valence-corrected chi connectivity index (χ4v) is 2.77. The van der Waals surface area contributed by atoms with E-state index >= 15 is 0 Å². The summed E-state index contributed by atoms with van der Waals surface area (Å²) in [4.78, 5) is 4.60. The van der Waals surface area contributed by atoms with Crippen LogP contribution in [-0.4, -0.2) is 14.8 Å². The van der Waals surface area contributed by atoms with Crippen molar-refractivity contribution < 1.29 is 4.39 Å². The fraction of sp³-hybridized carbons (Fsp3) is 0.0526. The van der Waals surface area contributed by atoms with Gasteiger partial charge in [0, 0.05) is 5.39 Å². The van der Waals surface area contributed by atoms with E-state index in [1.165, 1.54) is 28.9 Å². The topological polar surface area (TPSA) is 107 Å². The zero-order chi connectivity index (χ0) is 19.0. The molecule has 27 heavy (non-hydrogen) atoms. The van der Waals surface area contributed by atoms with Crippen molar-refractivity contribution in [3.63, 3.8) is 0 Å². The third kappa shape index (κ3) is 3.08. The molecule has 0 radical (unpaired) electrons. The van der Waals surface area contributed by atoms with E-state index in [-0.39, 0.29) is 23.1 Å². The summed E-state index contributed by atoms with van der Waals surface area (Å²) in [7, 11) is 0. The van der Waals surface area contributed by atoms with Gasteiger partial charge in [-0.05, 0) is 48.9 Å². The van der Waals surface area contributed by atoms with E-state index in [1.54, 1.807) is 0 Å². The van der Waals surface area contributed by atoms with E-state index in [9.17, 15) is 4.39 Å². The lowest BCUT2D eigenvalue weighted by molar-refractivity contribution is 0.628. The zero-order valence-corrected chi connectivity index (χ0v) is 14.5. The molecule has 0 aliphatic heterocycles. The maximum absolute atomic E-state index is 13.0. The van der Waals surface area contributed by atoms with Gasteiger partial charge in [0.2, 0.25) is 0 Å². The van der Waals surface area contributed by atoms with Crippen LogP contribution in [0.25, 0.3) is 16.7 Å². The molecule has 2 heterocycles. The number of para-hydroxylation sites is 1. The predicted octanol–water partition coefficient (Wildman–Crippen LogP) is 4.45. The lowest BCUT2D eigenvalue weighted by Crippen LogP contribution is -2.05. The van der Waals surface area contributed by atoms with Crippen LogP contribution in [0.4, 0.5) is 27.4 Å². The molecule has 0 fully saturated rings. The molecule has 0 aliphatic carbocycles. The van der Waals surface area contributed by atoms with Crippen LogP contribution in [0.5, 0.6) is 0 Å². The monoisotopic (exact) mass is 361 g/mol. The van der Waals surface area contributed by atoms with Crippen molar-refractivity contribution in [2.24, 2.45) is 10.2 Å². The van der Waals surface area contributed by atoms with Gasteiger partial charge in [0.15, 0.2) is 23.1 Å². The van der Waals surface area contributed by atoms with Crippen molar-refractivity contribution in [2.45, 2.75) is 6.92 Å². The van der Waals surface area contributed by atoms with E-state index in [0.717, 1.165) is 16.5 Å². The third-order valence-corrected chi connectivity index (χ3v) is 4.14. The number of hydrogen-bond acceptors (Lipinski definition) is 6. The average Bonchev–Trinajstić information content (AvgIpc) is 2.95. The first kappa shape index (κ1) is 16.6. The second-order valence-corrected chi connectivity index (χ2v) is 6.02. The maximum Gasteiger partial charge on any atom is 0.176 e. The van der Waals surface area contributed by atoms with Crippen LogP contribution < -0.4 is 11.5 Å². The fourth-order valence-electron chi connectivity index (χ4n) is 2.77. The summed E-state index contributed by atoms with van der Waals surface area (Å²) >= 11 is 0. The molecule has 4 rings (SSSR count). The lowest BCUT2D eigenvalue weighted by Gasteiger charge is -2.07. The zero-order valence-electron chi connectivity index (χ0n) is 14.5. The summed E-state index contributed by atoms with van der Waals surface area (Å²) in [5, 5.41) is 13.4. The number of pyridine rings is 1. The number of fused-ring (bicyclic) bond motifs is 1. The summed E-state index contributed by atoms with van der Waals surface area (Å²) < 4.78 is 14.4. The van der Waals surface area contributed by atoms with Gasteiger partial charge in [0.1, 0.15) is 5.82 Å². The number of nitrogens with zero attached hydrogens (tertiary/aromatic N) is 5. The molecular formula is C19H16FN7. The molecule has 0 unspecified atom stereocenters. The van der Waals surface area contributed by atoms with Crippen molar-refractivity contribution in [2.75, 3.05) is 11.5 Å². The molecule has 8 heteroatoms. The lowest BCUT2D eigenvalue weighted by atomic mass is 10.1. The highest BCUT2D eigenvalue weighted by Crippen LogP contribution is 2.33. The van der Waals surface area contributed by atoms with Crippen molar-refractivity contribution in [1.82, 2.24) is 14.8 Å². The molecule has 7 nitrogen and oxygen atoms in total. The number of nitrogen functional groups attached to an aromatic ring is 2. The molecule has 4 aromatic rings. The molecule has 0 aliphatic rings. The minimum Gasteiger partial charge on any atom is -0.382 e. The van der Waals surface area contributed by atoms with Crippen molar-refractivity contribution in [3.05, 3.63) is 66.0 Å². The standard InChI is InChI=1S/C19H16FN7/c1-11-10-16(23-15-5-3-2-4-14(11)15)27-19(22)17(18(21)26-27)25-24-13-8-6-12(20)7-9-13/h2-10H,22H2,1H3,(H2,21,26). The summed E-state index contributed by atoms with van der Waals surface area (Å²) in [6.45, 7) is 1.99. The number of nitrogens with two attached hydrogens (primary N) is 2. The molecular weight excluding hydrogens is 345 g/mol. The Bertz CT molecular complexity index is 1160. The first-order valence-electron chi connectivity index (χ1n) is 8.21. The number of azo groups is 1. The van der Waals surface area contributed by atoms with Gasteiger partial charge in [-0.3, -0.25) is 0 Å². The summed E-state index contributed by atoms with van der Waals surface area (Å²) in [5.74, 6) is 0.545. The molecule has 0 saturated carbocycles. The maximum atomic E-state index is 13.0. The highest BCUT2D eigenvalue weighted by Gasteiger charge is 2.16. The average molecular weight is 361 g/mol. The Hall–Kier alpha value is -3.81. The van der Waals surface area contributed by atoms with E-state index < -0.39 is 0 Å². The Morgan fingerprint density at radius 1 is 1.00 bits per heavy atom. The number of aromatic nitrogens is 3. The minimum absolute atomic E-state index is 0.131. The highest BCUT2D eigenvalue weighted by atomic mass is 19.1. The van der Waals surface area contributed by atoms with Gasteiger partial charge in [-0.25, -0.2) is 9.37 Å². The summed E-state index contributed by atoms with van der Waals surface area (Å²) in [5.41, 5.74) is 14.7. The molecule has 0 spiro atoms. The van der Waals surface area contributed by atoms with Crippen LogP contribution >= 0.6 is 0 Å². The normalized spacial score (nSPS) is 11.5. The second-order valence-electron chi connectivity index (χ2n) is 6.02. The molecule has 2 aromatic carbocycles. The Morgan fingerprint density at radius 2 is 1.74 bits per heavy atom. The molecule has 134 valence electrons. The van der Waals surface area contributed by atoms with Gasteiger partial charge in [0.05, 0.1) is 11.2 Å². The van der Waals surface area contributed by atoms with Crippen LogP contribution in [0.2, 0.25) is 0 Å². The number of halogens is 1. The number of rotatable bonds is 3. The molecule has 0 saturated heterocycles. The Morgan fingerprint density at radius 3 is 2.52 bits per heavy atom.